The third-order valence-corrected chi connectivity index (χ3v) is 6.21. The summed E-state index contributed by atoms with van der Waals surface area (Å²) in [6.07, 6.45) is 18.8. The predicted octanol–water partition coefficient (Wildman–Crippen LogP) is 5.76. The first-order valence-electron chi connectivity index (χ1n) is 13.2. The lowest BCUT2D eigenvalue weighted by Gasteiger charge is -2.32. The molecule has 2 rings (SSSR count). The number of para-hydroxylation sites is 1. The molecule has 1 heterocycles. The molecule has 8 nitrogen and oxygen atoms in total. The van der Waals surface area contributed by atoms with E-state index < -0.39 is 0 Å². The molecule has 1 aliphatic heterocycles. The van der Waals surface area contributed by atoms with Crippen LogP contribution in [0.5, 0.6) is 5.75 Å². The molecule has 1 fully saturated rings. The highest BCUT2D eigenvalue weighted by Crippen LogP contribution is 2.25. The van der Waals surface area contributed by atoms with E-state index in [4.69, 9.17) is 26.4 Å². The zero-order chi connectivity index (χ0) is 29.3. The van der Waals surface area contributed by atoms with Crippen molar-refractivity contribution in [2.24, 2.45) is 17.4 Å². The number of likely N-dealkylation sites (tertiary alicyclic amines) is 1. The molecule has 0 radical (unpaired) electrons. The van der Waals surface area contributed by atoms with Gasteiger partial charge in [-0.3, -0.25) is 10.2 Å². The van der Waals surface area contributed by atoms with Gasteiger partial charge in [0, 0.05) is 30.8 Å². The van der Waals surface area contributed by atoms with Crippen LogP contribution in [0.2, 0.25) is 0 Å². The first kappa shape index (κ1) is 31.4. The van der Waals surface area contributed by atoms with Gasteiger partial charge in [0.2, 0.25) is 5.91 Å². The molecule has 0 aromatic heterocycles. The van der Waals surface area contributed by atoms with Gasteiger partial charge in [0.05, 0.1) is 5.57 Å². The molecular weight excluding hydrogens is 502 g/mol. The highest BCUT2D eigenvalue weighted by atomic mass is 16.5. The summed E-state index contributed by atoms with van der Waals surface area (Å²) in [7, 11) is 0. The fourth-order valence-electron chi connectivity index (χ4n) is 4.17. The highest BCUT2D eigenvalue weighted by molar-refractivity contribution is 5.99. The molecule has 0 bridgehead atoms. The van der Waals surface area contributed by atoms with Crippen LogP contribution in [0.1, 0.15) is 39.5 Å². The Morgan fingerprint density at radius 3 is 2.62 bits per heavy atom. The van der Waals surface area contributed by atoms with Crippen LogP contribution < -0.4 is 16.2 Å². The molecular formula is C32H39N5O3. The highest BCUT2D eigenvalue weighted by Gasteiger charge is 2.23. The van der Waals surface area contributed by atoms with Crippen LogP contribution in [0.4, 0.5) is 0 Å². The topological polar surface area (TPSA) is 138 Å². The average Bonchev–Trinajstić information content (AvgIpc) is 2.96. The number of rotatable bonds is 13. The second kappa shape index (κ2) is 16.9. The maximum atomic E-state index is 12.6. The minimum Gasteiger partial charge on any atom is -0.458 e. The molecule has 0 spiro atoms. The van der Waals surface area contributed by atoms with Crippen molar-refractivity contribution in [3.8, 4) is 12.0 Å². The molecule has 1 aliphatic rings. The van der Waals surface area contributed by atoms with E-state index in [0.29, 0.717) is 36.5 Å². The third kappa shape index (κ3) is 10.2. The molecule has 0 aliphatic carbocycles. The van der Waals surface area contributed by atoms with Gasteiger partial charge >= 0.3 is 0 Å². The maximum absolute atomic E-state index is 12.6. The number of piperidine rings is 1. The van der Waals surface area contributed by atoms with Crippen molar-refractivity contribution in [2.75, 3.05) is 13.1 Å². The summed E-state index contributed by atoms with van der Waals surface area (Å²) in [6, 6.07) is 9.30. The number of hydrogen-bond donors (Lipinski definition) is 3. The Kier molecular flexibility index (Phi) is 13.3. The zero-order valence-electron chi connectivity index (χ0n) is 23.3. The van der Waals surface area contributed by atoms with Crippen molar-refractivity contribution < 1.29 is 14.3 Å². The van der Waals surface area contributed by atoms with Crippen LogP contribution in [0.25, 0.3) is 0 Å². The van der Waals surface area contributed by atoms with E-state index in [9.17, 15) is 10.1 Å². The SMILES string of the molecule is C=C(/C=C\C(=CC)Oc1ccccc1)/C(OC#N)=C(C(=N)N)/C(N)=C\CC1CCCN(C(=O)C/C=C\C=C/C)C1. The number of nitrogens with zero attached hydrogens (tertiary/aromatic N) is 2. The molecule has 1 atom stereocenters. The minimum atomic E-state index is -0.353. The number of carbonyl (C=O) groups is 1. The molecule has 5 N–H and O–H groups in total. The molecule has 210 valence electrons. The molecule has 1 aromatic carbocycles. The van der Waals surface area contributed by atoms with Gasteiger partial charge in [-0.25, -0.2) is 0 Å². The maximum Gasteiger partial charge on any atom is 0.292 e. The van der Waals surface area contributed by atoms with Crippen LogP contribution in [-0.4, -0.2) is 29.7 Å². The van der Waals surface area contributed by atoms with Gasteiger partial charge in [-0.15, -0.1) is 5.26 Å². The van der Waals surface area contributed by atoms with Gasteiger partial charge in [0.1, 0.15) is 17.3 Å². The Morgan fingerprint density at radius 1 is 1.23 bits per heavy atom. The first-order valence-corrected chi connectivity index (χ1v) is 13.2. The van der Waals surface area contributed by atoms with Crippen LogP contribution in [0.15, 0.2) is 114 Å². The van der Waals surface area contributed by atoms with E-state index in [-0.39, 0.29) is 34.7 Å². The second-order valence-electron chi connectivity index (χ2n) is 9.18. The van der Waals surface area contributed by atoms with Crippen LogP contribution in [-0.2, 0) is 9.53 Å². The van der Waals surface area contributed by atoms with E-state index in [1.54, 1.807) is 30.6 Å². The standard InChI is InChI=1S/C32H39N5O3/c1-4-6-7-11-16-29(38)37-21-12-13-25(22-37)18-20-28(34)30(32(35)36)31(39-23-33)24(3)17-19-26(5-2)40-27-14-9-8-10-15-27/h4-11,14-15,17,19-20,25H,3,12-13,16,18,21-22,34H2,1-2H3,(H3,35,36)/b6-4-,11-7-,19-17-,26-5?,28-20+,31-30+. The largest absolute Gasteiger partial charge is 0.458 e. The molecule has 1 unspecified atom stereocenters. The quantitative estimate of drug-likeness (QED) is 0.0954. The third-order valence-electron chi connectivity index (χ3n) is 6.21. The van der Waals surface area contributed by atoms with Gasteiger partial charge in [0.15, 0.2) is 5.76 Å². The first-order chi connectivity index (χ1) is 19.3. The van der Waals surface area contributed by atoms with E-state index >= 15 is 0 Å². The van der Waals surface area contributed by atoms with Crippen LogP contribution >= 0.6 is 0 Å². The second-order valence-corrected chi connectivity index (χ2v) is 9.18. The molecule has 1 aromatic rings. The molecule has 1 saturated heterocycles. The van der Waals surface area contributed by atoms with Crippen LogP contribution in [0, 0.1) is 22.8 Å². The number of nitriles is 1. The van der Waals surface area contributed by atoms with Crippen molar-refractivity contribution in [1.29, 1.82) is 10.7 Å². The normalized spacial score (nSPS) is 17.1. The Hall–Kier alpha value is -4.77. The Bertz CT molecular complexity index is 1260. The van der Waals surface area contributed by atoms with Crippen molar-refractivity contribution in [3.05, 3.63) is 114 Å². The van der Waals surface area contributed by atoms with Crippen molar-refractivity contribution >= 4 is 11.7 Å². The lowest BCUT2D eigenvalue weighted by atomic mass is 9.93. The summed E-state index contributed by atoms with van der Waals surface area (Å²) < 4.78 is 11.0. The molecule has 8 heteroatoms. The molecule has 40 heavy (non-hydrogen) atoms. The van der Waals surface area contributed by atoms with E-state index in [2.05, 4.69) is 6.58 Å². The molecule has 1 amide bonds. The van der Waals surface area contributed by atoms with Gasteiger partial charge in [-0.05, 0) is 69.4 Å². The minimum absolute atomic E-state index is 0.0106. The number of allylic oxidation sites excluding steroid dienone is 7. The summed E-state index contributed by atoms with van der Waals surface area (Å²) in [5, 5.41) is 17.4. The fraction of sp³-hybridized carbons (Fsp3) is 0.281. The number of hydrogen-bond acceptors (Lipinski definition) is 6. The lowest BCUT2D eigenvalue weighted by Crippen LogP contribution is -2.39. The lowest BCUT2D eigenvalue weighted by molar-refractivity contribution is -0.132. The van der Waals surface area contributed by atoms with E-state index in [1.807, 2.05) is 73.4 Å². The number of benzene rings is 1. The van der Waals surface area contributed by atoms with Crippen molar-refractivity contribution in [2.45, 2.75) is 39.5 Å². The summed E-state index contributed by atoms with van der Waals surface area (Å²) in [4.78, 5) is 14.5. The molecule has 0 saturated carbocycles. The van der Waals surface area contributed by atoms with Gasteiger partial charge < -0.3 is 25.8 Å². The van der Waals surface area contributed by atoms with E-state index in [0.717, 1.165) is 19.4 Å². The number of ether oxygens (including phenoxy) is 2. The number of carbonyl (C=O) groups excluding carboxylic acids is 1. The summed E-state index contributed by atoms with van der Waals surface area (Å²) in [5.74, 6) is 1.15. The van der Waals surface area contributed by atoms with Crippen LogP contribution in [0.3, 0.4) is 0 Å². The Morgan fingerprint density at radius 2 is 1.98 bits per heavy atom. The summed E-state index contributed by atoms with van der Waals surface area (Å²) in [6.45, 7) is 9.12. The van der Waals surface area contributed by atoms with Gasteiger partial charge in [-0.2, -0.15) is 0 Å². The summed E-state index contributed by atoms with van der Waals surface area (Å²) >= 11 is 0. The monoisotopic (exact) mass is 541 g/mol. The number of nitrogens with two attached hydrogens (primary N) is 2. The number of nitrogens with one attached hydrogen (secondary N) is 1. The van der Waals surface area contributed by atoms with Gasteiger partial charge in [-0.1, -0.05) is 55.2 Å². The fourth-order valence-corrected chi connectivity index (χ4v) is 4.17. The van der Waals surface area contributed by atoms with Crippen molar-refractivity contribution in [3.63, 3.8) is 0 Å². The number of amides is 1. The average molecular weight is 542 g/mol. The number of amidine groups is 1. The Labute approximate surface area is 237 Å². The van der Waals surface area contributed by atoms with Gasteiger partial charge in [0.25, 0.3) is 6.26 Å². The smallest absolute Gasteiger partial charge is 0.292 e. The predicted molar refractivity (Wildman–Crippen MR) is 160 cm³/mol. The zero-order valence-corrected chi connectivity index (χ0v) is 23.3. The van der Waals surface area contributed by atoms with Crippen molar-refractivity contribution in [1.82, 2.24) is 4.90 Å². The summed E-state index contributed by atoms with van der Waals surface area (Å²) in [5.41, 5.74) is 12.8. The Balaban J connectivity index is 2.18. The van der Waals surface area contributed by atoms with E-state index in [1.165, 1.54) is 0 Å².